The molecule has 30 heavy (non-hydrogen) atoms. The van der Waals surface area contributed by atoms with Crippen LogP contribution in [0.15, 0.2) is 59.5 Å². The van der Waals surface area contributed by atoms with Crippen LogP contribution in [0.1, 0.15) is 27.3 Å². The molecule has 0 saturated heterocycles. The van der Waals surface area contributed by atoms with Crippen molar-refractivity contribution in [3.05, 3.63) is 77.1 Å². The zero-order valence-electron chi connectivity index (χ0n) is 17.6. The van der Waals surface area contributed by atoms with Crippen molar-refractivity contribution in [1.82, 2.24) is 19.4 Å². The van der Waals surface area contributed by atoms with Gasteiger partial charge in [-0.15, -0.1) is 0 Å². The summed E-state index contributed by atoms with van der Waals surface area (Å²) in [6.07, 6.45) is 0.666. The first-order valence-corrected chi connectivity index (χ1v) is 11.1. The second-order valence-electron chi connectivity index (χ2n) is 7.33. The summed E-state index contributed by atoms with van der Waals surface area (Å²) in [5.41, 5.74) is 4.45. The van der Waals surface area contributed by atoms with Crippen LogP contribution in [0, 0.1) is 13.8 Å². The molecule has 1 heterocycles. The SMILES string of the molecule is Cc1cc(C)n(-c2ccc(CCNC(=O)c3cccc(S(=O)(=O)N(C)C)c3)cc2)n1. The number of benzene rings is 2. The molecular formula is C22H26N4O3S. The number of amides is 1. The fraction of sp³-hybridized carbons (Fsp3) is 0.273. The average Bonchev–Trinajstić information content (AvgIpc) is 3.06. The summed E-state index contributed by atoms with van der Waals surface area (Å²) in [5.74, 6) is -0.301. The van der Waals surface area contributed by atoms with E-state index < -0.39 is 10.0 Å². The van der Waals surface area contributed by atoms with Crippen molar-refractivity contribution in [3.63, 3.8) is 0 Å². The summed E-state index contributed by atoms with van der Waals surface area (Å²) in [7, 11) is -0.658. The van der Waals surface area contributed by atoms with E-state index in [1.54, 1.807) is 12.1 Å². The molecule has 0 aliphatic carbocycles. The molecule has 0 bridgehead atoms. The molecule has 0 saturated carbocycles. The van der Waals surface area contributed by atoms with Gasteiger partial charge in [0.25, 0.3) is 5.91 Å². The van der Waals surface area contributed by atoms with Crippen LogP contribution in [0.5, 0.6) is 0 Å². The molecule has 0 unspecified atom stereocenters. The van der Waals surface area contributed by atoms with Gasteiger partial charge in [-0.2, -0.15) is 5.10 Å². The Morgan fingerprint density at radius 2 is 1.77 bits per heavy atom. The quantitative estimate of drug-likeness (QED) is 0.630. The number of carbonyl (C=O) groups excluding carboxylic acids is 1. The first-order valence-electron chi connectivity index (χ1n) is 9.62. The Morgan fingerprint density at radius 1 is 1.07 bits per heavy atom. The number of hydrogen-bond donors (Lipinski definition) is 1. The molecule has 3 aromatic rings. The predicted octanol–water partition coefficient (Wildman–Crippen LogP) is 2.71. The number of aromatic nitrogens is 2. The third-order valence-electron chi connectivity index (χ3n) is 4.76. The highest BCUT2D eigenvalue weighted by Gasteiger charge is 2.18. The van der Waals surface area contributed by atoms with E-state index in [0.717, 1.165) is 26.9 Å². The van der Waals surface area contributed by atoms with Crippen molar-refractivity contribution in [2.24, 2.45) is 0 Å². The summed E-state index contributed by atoms with van der Waals surface area (Å²) >= 11 is 0. The van der Waals surface area contributed by atoms with Gasteiger partial charge in [0.05, 0.1) is 16.3 Å². The Balaban J connectivity index is 1.60. The Hall–Kier alpha value is -2.97. The van der Waals surface area contributed by atoms with Gasteiger partial charge in [-0.1, -0.05) is 18.2 Å². The molecule has 0 radical (unpaired) electrons. The van der Waals surface area contributed by atoms with Gasteiger partial charge in [0, 0.05) is 31.9 Å². The minimum absolute atomic E-state index is 0.0971. The number of nitrogens with one attached hydrogen (secondary N) is 1. The first kappa shape index (κ1) is 21.7. The molecular weight excluding hydrogens is 400 g/mol. The van der Waals surface area contributed by atoms with Crippen molar-refractivity contribution in [2.45, 2.75) is 25.2 Å². The Bertz CT molecular complexity index is 1150. The van der Waals surface area contributed by atoms with Crippen LogP contribution in [0.4, 0.5) is 0 Å². The van der Waals surface area contributed by atoms with Crippen molar-refractivity contribution in [3.8, 4) is 5.69 Å². The molecule has 7 nitrogen and oxygen atoms in total. The fourth-order valence-corrected chi connectivity index (χ4v) is 4.07. The molecule has 1 N–H and O–H groups in total. The maximum atomic E-state index is 12.4. The molecule has 3 rings (SSSR count). The highest BCUT2D eigenvalue weighted by atomic mass is 32.2. The number of carbonyl (C=O) groups is 1. The summed E-state index contributed by atoms with van der Waals surface area (Å²) < 4.78 is 27.5. The van der Waals surface area contributed by atoms with E-state index in [0.29, 0.717) is 18.5 Å². The van der Waals surface area contributed by atoms with Crippen LogP contribution in [0.2, 0.25) is 0 Å². The average molecular weight is 427 g/mol. The maximum absolute atomic E-state index is 12.4. The van der Waals surface area contributed by atoms with Crippen LogP contribution in [-0.2, 0) is 16.4 Å². The highest BCUT2D eigenvalue weighted by molar-refractivity contribution is 7.89. The van der Waals surface area contributed by atoms with Gasteiger partial charge in [-0.25, -0.2) is 17.4 Å². The van der Waals surface area contributed by atoms with Crippen LogP contribution in [-0.4, -0.2) is 49.1 Å². The molecule has 158 valence electrons. The lowest BCUT2D eigenvalue weighted by Gasteiger charge is -2.12. The second kappa shape index (κ2) is 8.81. The molecule has 2 aromatic carbocycles. The third-order valence-corrected chi connectivity index (χ3v) is 6.58. The monoisotopic (exact) mass is 426 g/mol. The van der Waals surface area contributed by atoms with E-state index in [2.05, 4.69) is 10.4 Å². The number of sulfonamides is 1. The van der Waals surface area contributed by atoms with Crippen molar-refractivity contribution in [2.75, 3.05) is 20.6 Å². The first-order chi connectivity index (χ1) is 14.2. The maximum Gasteiger partial charge on any atom is 0.251 e. The van der Waals surface area contributed by atoms with Crippen LogP contribution in [0.25, 0.3) is 5.69 Å². The van der Waals surface area contributed by atoms with Crippen molar-refractivity contribution >= 4 is 15.9 Å². The minimum Gasteiger partial charge on any atom is -0.352 e. The summed E-state index contributed by atoms with van der Waals surface area (Å²) in [6, 6.07) is 16.1. The molecule has 0 spiro atoms. The van der Waals surface area contributed by atoms with E-state index in [1.807, 2.05) is 48.9 Å². The van der Waals surface area contributed by atoms with E-state index in [9.17, 15) is 13.2 Å². The molecule has 0 aliphatic heterocycles. The molecule has 0 atom stereocenters. The van der Waals surface area contributed by atoms with Crippen LogP contribution < -0.4 is 5.32 Å². The molecule has 0 fully saturated rings. The Kier molecular flexibility index (Phi) is 6.38. The van der Waals surface area contributed by atoms with Gasteiger partial charge in [0.2, 0.25) is 10.0 Å². The lowest BCUT2D eigenvalue weighted by molar-refractivity contribution is 0.0954. The zero-order valence-corrected chi connectivity index (χ0v) is 18.4. The van der Waals surface area contributed by atoms with Gasteiger partial charge < -0.3 is 5.32 Å². The normalized spacial score (nSPS) is 11.6. The zero-order chi connectivity index (χ0) is 21.9. The van der Waals surface area contributed by atoms with Gasteiger partial charge in [0.1, 0.15) is 0 Å². The number of nitrogens with zero attached hydrogens (tertiary/aromatic N) is 3. The van der Waals surface area contributed by atoms with E-state index in [4.69, 9.17) is 0 Å². The Morgan fingerprint density at radius 3 is 2.37 bits per heavy atom. The fourth-order valence-electron chi connectivity index (χ4n) is 3.13. The van der Waals surface area contributed by atoms with Crippen LogP contribution >= 0.6 is 0 Å². The summed E-state index contributed by atoms with van der Waals surface area (Å²) in [6.45, 7) is 4.43. The standard InChI is InChI=1S/C22H26N4O3S/c1-16-14-17(2)26(24-16)20-10-8-18(9-11-20)12-13-23-22(27)19-6-5-7-21(15-19)30(28,29)25(3)4/h5-11,14-15H,12-13H2,1-4H3,(H,23,27). The van der Waals surface area contributed by atoms with Gasteiger partial charge in [-0.05, 0) is 62.2 Å². The number of rotatable bonds is 7. The van der Waals surface area contributed by atoms with E-state index in [1.165, 1.54) is 26.2 Å². The van der Waals surface area contributed by atoms with E-state index >= 15 is 0 Å². The largest absolute Gasteiger partial charge is 0.352 e. The van der Waals surface area contributed by atoms with Crippen molar-refractivity contribution in [1.29, 1.82) is 0 Å². The lowest BCUT2D eigenvalue weighted by atomic mass is 10.1. The lowest BCUT2D eigenvalue weighted by Crippen LogP contribution is -2.26. The Labute approximate surface area is 177 Å². The second-order valence-corrected chi connectivity index (χ2v) is 9.48. The van der Waals surface area contributed by atoms with Gasteiger partial charge in [-0.3, -0.25) is 4.79 Å². The van der Waals surface area contributed by atoms with Gasteiger partial charge >= 0.3 is 0 Å². The number of aryl methyl sites for hydroxylation is 2. The van der Waals surface area contributed by atoms with E-state index in [-0.39, 0.29) is 10.8 Å². The molecule has 1 aromatic heterocycles. The minimum atomic E-state index is -3.58. The topological polar surface area (TPSA) is 84.3 Å². The highest BCUT2D eigenvalue weighted by Crippen LogP contribution is 2.15. The molecule has 8 heteroatoms. The molecule has 1 amide bonds. The summed E-state index contributed by atoms with van der Waals surface area (Å²) in [4.78, 5) is 12.5. The van der Waals surface area contributed by atoms with Crippen LogP contribution in [0.3, 0.4) is 0 Å². The third kappa shape index (κ3) is 4.77. The smallest absolute Gasteiger partial charge is 0.251 e. The summed E-state index contributed by atoms with van der Waals surface area (Å²) in [5, 5.41) is 7.33. The predicted molar refractivity (Wildman–Crippen MR) is 116 cm³/mol. The molecule has 0 aliphatic rings. The van der Waals surface area contributed by atoms with Gasteiger partial charge in [0.15, 0.2) is 0 Å². The number of hydrogen-bond acceptors (Lipinski definition) is 4. The van der Waals surface area contributed by atoms with Crippen molar-refractivity contribution < 1.29 is 13.2 Å².